The Hall–Kier alpha value is -3.32. The number of para-hydroxylation sites is 1. The first-order valence-electron chi connectivity index (χ1n) is 11.2. The van der Waals surface area contributed by atoms with Crippen molar-refractivity contribution in [3.63, 3.8) is 0 Å². The monoisotopic (exact) mass is 432 g/mol. The molecule has 0 saturated carbocycles. The van der Waals surface area contributed by atoms with Gasteiger partial charge in [-0.3, -0.25) is 0 Å². The number of likely N-dealkylation sites (tertiary alicyclic amines) is 1. The topological polar surface area (TPSA) is 72.6 Å². The summed E-state index contributed by atoms with van der Waals surface area (Å²) in [6.07, 6.45) is 8.21. The smallest absolute Gasteiger partial charge is 0.163 e. The molecule has 2 aromatic heterocycles. The fraction of sp³-hybridized carbons (Fsp3) is 0.360. The number of aromatic nitrogens is 2. The highest BCUT2D eigenvalue weighted by molar-refractivity contribution is 5.97. The van der Waals surface area contributed by atoms with Gasteiger partial charge in [-0.05, 0) is 50.6 Å². The Morgan fingerprint density at radius 1 is 1.06 bits per heavy atom. The second kappa shape index (κ2) is 9.44. The van der Waals surface area contributed by atoms with Crippen LogP contribution in [0.15, 0.2) is 53.4 Å². The average Bonchev–Trinajstić information content (AvgIpc) is 3.32. The van der Waals surface area contributed by atoms with Gasteiger partial charge in [-0.25, -0.2) is 9.97 Å². The molecule has 166 valence electrons. The van der Waals surface area contributed by atoms with E-state index in [1.165, 1.54) is 32.4 Å². The van der Waals surface area contributed by atoms with Gasteiger partial charge < -0.3 is 24.1 Å². The summed E-state index contributed by atoms with van der Waals surface area (Å²) in [7, 11) is 1.66. The van der Waals surface area contributed by atoms with Gasteiger partial charge >= 0.3 is 0 Å². The molecule has 1 aliphatic rings. The van der Waals surface area contributed by atoms with Gasteiger partial charge in [0.05, 0.1) is 31.2 Å². The lowest BCUT2D eigenvalue weighted by Crippen LogP contribution is -2.31. The van der Waals surface area contributed by atoms with E-state index < -0.39 is 0 Å². The lowest BCUT2D eigenvalue weighted by atomic mass is 10.1. The molecule has 4 aromatic rings. The van der Waals surface area contributed by atoms with E-state index in [-0.39, 0.29) is 0 Å². The summed E-state index contributed by atoms with van der Waals surface area (Å²) in [6, 6.07) is 11.8. The molecule has 0 aliphatic carbocycles. The largest absolute Gasteiger partial charge is 0.493 e. The Morgan fingerprint density at radius 3 is 2.84 bits per heavy atom. The third-order valence-electron chi connectivity index (χ3n) is 5.98. The van der Waals surface area contributed by atoms with Crippen molar-refractivity contribution in [1.82, 2.24) is 14.9 Å². The van der Waals surface area contributed by atoms with Crippen molar-refractivity contribution in [2.24, 2.45) is 0 Å². The summed E-state index contributed by atoms with van der Waals surface area (Å²) in [5.74, 6) is 2.06. The molecule has 0 bridgehead atoms. The average molecular weight is 433 g/mol. The molecule has 0 atom stereocenters. The molecular formula is C25H28N4O3. The molecule has 0 spiro atoms. The number of nitrogens with one attached hydrogen (secondary N) is 1. The number of nitrogens with zero attached hydrogens (tertiary/aromatic N) is 3. The Bertz CT molecular complexity index is 1200. The fourth-order valence-corrected chi connectivity index (χ4v) is 4.31. The van der Waals surface area contributed by atoms with Crippen molar-refractivity contribution in [3.8, 4) is 11.5 Å². The van der Waals surface area contributed by atoms with Crippen molar-refractivity contribution in [2.75, 3.05) is 38.7 Å². The van der Waals surface area contributed by atoms with Gasteiger partial charge in [0, 0.05) is 23.4 Å². The number of rotatable bonds is 8. The van der Waals surface area contributed by atoms with Crippen molar-refractivity contribution in [2.45, 2.75) is 25.7 Å². The maximum Gasteiger partial charge on any atom is 0.163 e. The number of anilines is 2. The second-order valence-electron chi connectivity index (χ2n) is 8.12. The van der Waals surface area contributed by atoms with Crippen molar-refractivity contribution < 1.29 is 13.9 Å². The van der Waals surface area contributed by atoms with E-state index in [4.69, 9.17) is 13.9 Å². The first-order chi connectivity index (χ1) is 15.8. The molecule has 3 heterocycles. The van der Waals surface area contributed by atoms with Crippen molar-refractivity contribution in [1.29, 1.82) is 0 Å². The van der Waals surface area contributed by atoms with Crippen LogP contribution in [0.2, 0.25) is 0 Å². The molecule has 2 aromatic carbocycles. The quantitative estimate of drug-likeness (QED) is 0.375. The lowest BCUT2D eigenvalue weighted by Gasteiger charge is -2.26. The number of piperidine rings is 1. The molecule has 1 saturated heterocycles. The van der Waals surface area contributed by atoms with Crippen LogP contribution in [0.25, 0.3) is 21.9 Å². The highest BCUT2D eigenvalue weighted by atomic mass is 16.5. The third kappa shape index (κ3) is 4.34. The molecule has 32 heavy (non-hydrogen) atoms. The van der Waals surface area contributed by atoms with Crippen LogP contribution in [0.1, 0.15) is 25.7 Å². The van der Waals surface area contributed by atoms with E-state index >= 15 is 0 Å². The van der Waals surface area contributed by atoms with E-state index in [9.17, 15) is 0 Å². The van der Waals surface area contributed by atoms with E-state index in [1.54, 1.807) is 19.7 Å². The molecule has 1 fully saturated rings. The predicted molar refractivity (Wildman–Crippen MR) is 126 cm³/mol. The Morgan fingerprint density at radius 2 is 1.97 bits per heavy atom. The standard InChI is InChI=1S/C25H28N4O3/c1-30-22-15-19-21(16-23(22)31-13-6-12-29-10-3-2-4-11-29)26-17-27-25(19)28-20-8-5-7-18-9-14-32-24(18)20/h5,7-9,14-17H,2-4,6,10-13H2,1H3,(H,26,27,28). The minimum absolute atomic E-state index is 0.648. The van der Waals surface area contributed by atoms with Gasteiger partial charge in [0.1, 0.15) is 12.1 Å². The summed E-state index contributed by atoms with van der Waals surface area (Å²) in [4.78, 5) is 11.4. The zero-order valence-corrected chi connectivity index (χ0v) is 18.3. The maximum atomic E-state index is 6.09. The molecule has 0 radical (unpaired) electrons. The van der Waals surface area contributed by atoms with Crippen LogP contribution in [-0.2, 0) is 0 Å². The molecule has 7 nitrogen and oxygen atoms in total. The first kappa shape index (κ1) is 20.6. The fourth-order valence-electron chi connectivity index (χ4n) is 4.31. The maximum absolute atomic E-state index is 6.09. The van der Waals surface area contributed by atoms with Crippen LogP contribution in [0, 0.1) is 0 Å². The number of furan rings is 1. The van der Waals surface area contributed by atoms with E-state index in [0.29, 0.717) is 23.9 Å². The molecule has 0 amide bonds. The summed E-state index contributed by atoms with van der Waals surface area (Å²) in [6.45, 7) is 4.13. The number of hydrogen-bond donors (Lipinski definition) is 1. The normalized spacial score (nSPS) is 14.7. The summed E-state index contributed by atoms with van der Waals surface area (Å²) in [5, 5.41) is 5.28. The third-order valence-corrected chi connectivity index (χ3v) is 5.98. The Kier molecular flexibility index (Phi) is 6.07. The van der Waals surface area contributed by atoms with Crippen LogP contribution in [-0.4, -0.2) is 48.2 Å². The Labute approximate surface area is 187 Å². The summed E-state index contributed by atoms with van der Waals surface area (Å²) >= 11 is 0. The van der Waals surface area contributed by atoms with Gasteiger partial charge in [0.15, 0.2) is 17.1 Å². The zero-order chi connectivity index (χ0) is 21.8. The number of benzene rings is 2. The van der Waals surface area contributed by atoms with E-state index in [2.05, 4.69) is 20.2 Å². The number of methoxy groups -OCH3 is 1. The molecule has 0 unspecified atom stereocenters. The van der Waals surface area contributed by atoms with Gasteiger partial charge in [-0.2, -0.15) is 0 Å². The second-order valence-corrected chi connectivity index (χ2v) is 8.12. The van der Waals surface area contributed by atoms with Crippen LogP contribution < -0.4 is 14.8 Å². The minimum Gasteiger partial charge on any atom is -0.493 e. The summed E-state index contributed by atoms with van der Waals surface area (Å²) < 4.78 is 17.4. The lowest BCUT2D eigenvalue weighted by molar-refractivity contribution is 0.203. The zero-order valence-electron chi connectivity index (χ0n) is 18.3. The van der Waals surface area contributed by atoms with Gasteiger partial charge in [-0.15, -0.1) is 0 Å². The summed E-state index contributed by atoms with van der Waals surface area (Å²) in [5.41, 5.74) is 2.44. The molecule has 5 rings (SSSR count). The molecule has 1 aliphatic heterocycles. The minimum atomic E-state index is 0.648. The van der Waals surface area contributed by atoms with Gasteiger partial charge in [0.2, 0.25) is 0 Å². The van der Waals surface area contributed by atoms with Crippen LogP contribution in [0.4, 0.5) is 11.5 Å². The number of ether oxygens (including phenoxy) is 2. The highest BCUT2D eigenvalue weighted by Gasteiger charge is 2.14. The highest BCUT2D eigenvalue weighted by Crippen LogP contribution is 2.35. The van der Waals surface area contributed by atoms with Crippen LogP contribution >= 0.6 is 0 Å². The predicted octanol–water partition coefficient (Wildman–Crippen LogP) is 5.38. The molecule has 1 N–H and O–H groups in total. The van der Waals surface area contributed by atoms with Crippen molar-refractivity contribution >= 4 is 33.4 Å². The van der Waals surface area contributed by atoms with Crippen molar-refractivity contribution in [3.05, 3.63) is 49.0 Å². The van der Waals surface area contributed by atoms with Crippen LogP contribution in [0.5, 0.6) is 11.5 Å². The number of hydrogen-bond acceptors (Lipinski definition) is 7. The van der Waals surface area contributed by atoms with Crippen LogP contribution in [0.3, 0.4) is 0 Å². The molecular weight excluding hydrogens is 404 g/mol. The SMILES string of the molecule is COc1cc2c(Nc3cccc4ccoc34)ncnc2cc1OCCCN1CCCCC1. The van der Waals surface area contributed by atoms with Gasteiger partial charge in [-0.1, -0.05) is 18.6 Å². The molecule has 7 heteroatoms. The van der Waals surface area contributed by atoms with Gasteiger partial charge in [0.25, 0.3) is 0 Å². The first-order valence-corrected chi connectivity index (χ1v) is 11.2. The Balaban J connectivity index is 1.34. The van der Waals surface area contributed by atoms with E-state index in [0.717, 1.165) is 40.5 Å². The number of fused-ring (bicyclic) bond motifs is 2. The van der Waals surface area contributed by atoms with E-state index in [1.807, 2.05) is 36.4 Å².